The first-order valence-electron chi connectivity index (χ1n) is 10.0. The second kappa shape index (κ2) is 7.85. The summed E-state index contributed by atoms with van der Waals surface area (Å²) in [5.74, 6) is -0.825. The van der Waals surface area contributed by atoms with Crippen LogP contribution < -0.4 is 14.8 Å². The van der Waals surface area contributed by atoms with Gasteiger partial charge in [0.15, 0.2) is 11.5 Å². The molecule has 13 heteroatoms. The number of amides is 2. The Labute approximate surface area is 201 Å². The normalized spacial score (nSPS) is 39.4. The van der Waals surface area contributed by atoms with E-state index in [1.807, 2.05) is 0 Å². The lowest BCUT2D eigenvalue weighted by molar-refractivity contribution is -0.313. The highest BCUT2D eigenvalue weighted by molar-refractivity contribution is 8.77. The number of aromatic hydroxyl groups is 1. The number of phenols is 1. The van der Waals surface area contributed by atoms with Crippen LogP contribution in [0.15, 0.2) is 24.3 Å². The van der Waals surface area contributed by atoms with Crippen LogP contribution in [0.3, 0.4) is 0 Å². The molecular weight excluding hydrogens is 496 g/mol. The molecule has 4 aliphatic heterocycles. The molecule has 33 heavy (non-hydrogen) atoms. The number of methoxy groups -OCH3 is 2. The third-order valence-corrected chi connectivity index (χ3v) is 10.2. The number of ether oxygens (including phenoxy) is 2. The molecule has 0 aromatic heterocycles. The van der Waals surface area contributed by atoms with Crippen LogP contribution in [0.2, 0.25) is 0 Å². The Hall–Kier alpha value is -1.83. The predicted octanol–water partition coefficient (Wildman–Crippen LogP) is 0.842. The zero-order valence-electron chi connectivity index (χ0n) is 17.4. The summed E-state index contributed by atoms with van der Waals surface area (Å²) in [5, 5.41) is 34.3. The summed E-state index contributed by atoms with van der Waals surface area (Å²) in [5.41, 5.74) is -1.27. The van der Waals surface area contributed by atoms with Gasteiger partial charge in [0.25, 0.3) is 11.8 Å². The van der Waals surface area contributed by atoms with Gasteiger partial charge in [0.1, 0.15) is 23.9 Å². The average molecular weight is 517 g/mol. The van der Waals surface area contributed by atoms with E-state index in [0.29, 0.717) is 5.56 Å². The van der Waals surface area contributed by atoms with Crippen LogP contribution in [0.25, 0.3) is 0 Å². The molecule has 0 radical (unpaired) electrons. The summed E-state index contributed by atoms with van der Waals surface area (Å²) >= 11 is 6.36. The Morgan fingerprint density at radius 3 is 2.73 bits per heavy atom. The van der Waals surface area contributed by atoms with Crippen molar-refractivity contribution >= 4 is 45.0 Å². The number of carbonyl (C=O) groups is 2. The van der Waals surface area contributed by atoms with Gasteiger partial charge in [-0.25, -0.2) is 0 Å². The van der Waals surface area contributed by atoms with Gasteiger partial charge in [0.2, 0.25) is 10.6 Å². The van der Waals surface area contributed by atoms with Gasteiger partial charge < -0.3 is 30.1 Å². The van der Waals surface area contributed by atoms with E-state index in [0.717, 1.165) is 15.9 Å². The zero-order chi connectivity index (χ0) is 23.7. The number of halogens is 1. The van der Waals surface area contributed by atoms with Crippen LogP contribution in [0.1, 0.15) is 17.2 Å². The van der Waals surface area contributed by atoms with Crippen LogP contribution in [0.4, 0.5) is 0 Å². The maximum absolute atomic E-state index is 13.5. The van der Waals surface area contributed by atoms with E-state index >= 15 is 0 Å². The molecule has 1 aromatic rings. The van der Waals surface area contributed by atoms with Crippen LogP contribution in [0, 0.1) is 0 Å². The van der Waals surface area contributed by atoms with Gasteiger partial charge in [0.05, 0.1) is 24.8 Å². The largest absolute Gasteiger partial charge is 0.504 e. The van der Waals surface area contributed by atoms with E-state index in [-0.39, 0.29) is 23.7 Å². The lowest BCUT2D eigenvalue weighted by atomic mass is 9.77. The van der Waals surface area contributed by atoms with Crippen molar-refractivity contribution in [3.05, 3.63) is 29.8 Å². The molecule has 178 valence electrons. The number of hydroxylamine groups is 2. The summed E-state index contributed by atoms with van der Waals surface area (Å²) in [6.45, 7) is 0. The van der Waals surface area contributed by atoms with Gasteiger partial charge >= 0.3 is 0 Å². The molecule has 5 aliphatic rings. The molecule has 1 aliphatic carbocycles. The Morgan fingerprint density at radius 1 is 1.27 bits per heavy atom. The first-order valence-corrected chi connectivity index (χ1v) is 12.6. The van der Waals surface area contributed by atoms with E-state index in [9.17, 15) is 24.9 Å². The minimum absolute atomic E-state index is 0.146. The average Bonchev–Trinajstić information content (AvgIpc) is 2.99. The Bertz CT molecular complexity index is 1060. The monoisotopic (exact) mass is 516 g/mol. The number of rotatable bonds is 3. The van der Waals surface area contributed by atoms with Gasteiger partial charge in [-0.3, -0.25) is 14.4 Å². The molecule has 4 N–H and O–H groups in total. The lowest BCUT2D eigenvalue weighted by Gasteiger charge is -2.56. The fraction of sp³-hybridized carbons (Fsp3) is 0.500. The van der Waals surface area contributed by atoms with Crippen LogP contribution in [-0.4, -0.2) is 80.5 Å². The number of aliphatic hydroxyl groups excluding tert-OH is 1. The van der Waals surface area contributed by atoms with E-state index in [1.165, 1.54) is 43.2 Å². The molecule has 6 rings (SSSR count). The van der Waals surface area contributed by atoms with E-state index < -0.39 is 51.2 Å². The SMILES string of the molecule is COc1cc([C@H]2SS[C@@]34C[C@]5(O)[C@H](Cl)C=C[C@@H](O)[C@@H]5ON3C(=O)[C@@H]2NC4=O)cc(O)c1OC. The number of hydrogen-bond acceptors (Lipinski definition) is 10. The molecular formula is C20H21ClN2O8S2. The van der Waals surface area contributed by atoms with Crippen molar-refractivity contribution in [2.45, 2.75) is 45.8 Å². The number of piperazine rings is 1. The standard InChI is InChI=1S/C20H21ClN2O8S2/c1-29-11-6-8(5-10(25)14(11)30-2)15-13-17(26)23-20(33-32-15,18(27)22-13)7-19(28)12(21)4-3-9(24)16(19)31-23/h3-6,9,12-13,15-16,24-25,28H,7H2,1-2H3,(H,22,27)/t9-,12-,13-,15-,16+,19+,20-/m1/s1. The lowest BCUT2D eigenvalue weighted by Crippen LogP contribution is -2.77. The third-order valence-electron chi connectivity index (χ3n) is 6.34. The Kier molecular flexibility index (Phi) is 5.46. The number of nitrogens with zero attached hydrogens (tertiary/aromatic N) is 1. The van der Waals surface area contributed by atoms with Crippen molar-refractivity contribution < 1.29 is 39.2 Å². The first-order chi connectivity index (χ1) is 15.7. The van der Waals surface area contributed by atoms with Crippen molar-refractivity contribution in [1.29, 1.82) is 0 Å². The third kappa shape index (κ3) is 3.15. The summed E-state index contributed by atoms with van der Waals surface area (Å²) in [6.07, 6.45) is 0.170. The topological polar surface area (TPSA) is 138 Å². The highest BCUT2D eigenvalue weighted by atomic mass is 35.5. The number of aliphatic hydroxyl groups is 2. The summed E-state index contributed by atoms with van der Waals surface area (Å²) in [7, 11) is 5.11. The van der Waals surface area contributed by atoms with Crippen molar-refractivity contribution in [2.24, 2.45) is 0 Å². The molecule has 7 atom stereocenters. The van der Waals surface area contributed by atoms with Crippen LogP contribution >= 0.6 is 33.2 Å². The van der Waals surface area contributed by atoms with Crippen LogP contribution in [0.5, 0.6) is 17.2 Å². The number of carbonyl (C=O) groups excluding carboxylic acids is 2. The molecule has 2 bridgehead atoms. The molecule has 4 fully saturated rings. The number of benzene rings is 1. The summed E-state index contributed by atoms with van der Waals surface area (Å²) in [4.78, 5) is 31.0. The van der Waals surface area contributed by atoms with Crippen molar-refractivity contribution in [2.75, 3.05) is 14.2 Å². The molecule has 0 saturated carbocycles. The van der Waals surface area contributed by atoms with Crippen molar-refractivity contribution in [3.8, 4) is 17.2 Å². The maximum atomic E-state index is 13.5. The van der Waals surface area contributed by atoms with Crippen LogP contribution in [-0.2, 0) is 14.4 Å². The minimum Gasteiger partial charge on any atom is -0.504 e. The molecule has 2 amide bonds. The summed E-state index contributed by atoms with van der Waals surface area (Å²) < 4.78 is 10.5. The van der Waals surface area contributed by atoms with Gasteiger partial charge in [-0.05, 0) is 17.7 Å². The number of nitrogens with one attached hydrogen (secondary N) is 1. The second-order valence-corrected chi connectivity index (χ2v) is 11.3. The highest BCUT2D eigenvalue weighted by Gasteiger charge is 2.69. The second-order valence-electron chi connectivity index (χ2n) is 8.22. The number of phenolic OH excluding ortho intramolecular Hbond substituents is 1. The smallest absolute Gasteiger partial charge is 0.272 e. The first kappa shape index (κ1) is 22.9. The maximum Gasteiger partial charge on any atom is 0.272 e. The van der Waals surface area contributed by atoms with E-state index in [2.05, 4.69) is 5.32 Å². The fourth-order valence-corrected chi connectivity index (χ4v) is 8.43. The van der Waals surface area contributed by atoms with Crippen molar-refractivity contribution in [3.63, 3.8) is 0 Å². The Balaban J connectivity index is 1.57. The van der Waals surface area contributed by atoms with Gasteiger partial charge in [0, 0.05) is 6.42 Å². The van der Waals surface area contributed by atoms with Crippen molar-refractivity contribution in [1.82, 2.24) is 10.4 Å². The van der Waals surface area contributed by atoms with Gasteiger partial charge in [-0.1, -0.05) is 33.7 Å². The zero-order valence-corrected chi connectivity index (χ0v) is 19.8. The van der Waals surface area contributed by atoms with Gasteiger partial charge in [-0.2, -0.15) is 5.06 Å². The highest BCUT2D eigenvalue weighted by Crippen LogP contribution is 2.60. The van der Waals surface area contributed by atoms with E-state index in [4.69, 9.17) is 25.9 Å². The molecule has 4 heterocycles. The fourth-order valence-electron chi connectivity index (χ4n) is 4.65. The molecule has 1 spiro atoms. The quantitative estimate of drug-likeness (QED) is 0.260. The molecule has 0 unspecified atom stereocenters. The van der Waals surface area contributed by atoms with E-state index in [1.54, 1.807) is 6.07 Å². The predicted molar refractivity (Wildman–Crippen MR) is 120 cm³/mol. The Morgan fingerprint density at radius 2 is 2.03 bits per heavy atom. The number of hydrogen-bond donors (Lipinski definition) is 4. The number of fused-ring (bicyclic) bond motifs is 4. The summed E-state index contributed by atoms with van der Waals surface area (Å²) in [6, 6.07) is 2.05. The minimum atomic E-state index is -1.79. The number of alkyl halides is 1. The molecule has 4 saturated heterocycles. The molecule has 1 aromatic carbocycles. The van der Waals surface area contributed by atoms with Gasteiger partial charge in [-0.15, -0.1) is 11.6 Å². The molecule has 10 nitrogen and oxygen atoms in total.